The third-order valence-electron chi connectivity index (χ3n) is 3.78. The predicted molar refractivity (Wildman–Crippen MR) is 96.1 cm³/mol. The van der Waals surface area contributed by atoms with Gasteiger partial charge in [0.1, 0.15) is 6.04 Å². The number of anilines is 1. The first-order valence-electron chi connectivity index (χ1n) is 7.89. The molecule has 0 unspecified atom stereocenters. The van der Waals surface area contributed by atoms with Crippen LogP contribution in [0.15, 0.2) is 48.5 Å². The minimum Gasteiger partial charge on any atom is -0.368 e. The van der Waals surface area contributed by atoms with E-state index in [1.807, 2.05) is 31.2 Å². The molecule has 0 spiro atoms. The summed E-state index contributed by atoms with van der Waals surface area (Å²) < 4.78 is 0. The van der Waals surface area contributed by atoms with E-state index >= 15 is 0 Å². The van der Waals surface area contributed by atoms with Gasteiger partial charge >= 0.3 is 0 Å². The quantitative estimate of drug-likeness (QED) is 0.747. The van der Waals surface area contributed by atoms with Gasteiger partial charge in [0.15, 0.2) is 0 Å². The maximum Gasteiger partial charge on any atom is 0.252 e. The summed E-state index contributed by atoms with van der Waals surface area (Å²) in [7, 11) is 0. The molecule has 25 heavy (non-hydrogen) atoms. The molecule has 4 N–H and O–H groups in total. The zero-order chi connectivity index (χ0) is 18.4. The second-order valence-corrected chi connectivity index (χ2v) is 5.82. The molecule has 6 nitrogen and oxygen atoms in total. The first-order valence-corrected chi connectivity index (χ1v) is 7.89. The van der Waals surface area contributed by atoms with Crippen molar-refractivity contribution >= 4 is 23.4 Å². The highest BCUT2D eigenvalue weighted by Gasteiger charge is 2.20. The molecule has 0 aliphatic carbocycles. The lowest BCUT2D eigenvalue weighted by molar-refractivity contribution is -0.119. The summed E-state index contributed by atoms with van der Waals surface area (Å²) >= 11 is 0. The number of hydrogen-bond donors (Lipinski definition) is 3. The molecular weight excluding hydrogens is 318 g/mol. The molecule has 0 aliphatic heterocycles. The van der Waals surface area contributed by atoms with Crippen molar-refractivity contribution in [1.29, 1.82) is 0 Å². The van der Waals surface area contributed by atoms with E-state index in [4.69, 9.17) is 5.73 Å². The smallest absolute Gasteiger partial charge is 0.252 e. The summed E-state index contributed by atoms with van der Waals surface area (Å²) in [4.78, 5) is 35.3. The van der Waals surface area contributed by atoms with Crippen LogP contribution in [0.25, 0.3) is 0 Å². The highest BCUT2D eigenvalue weighted by atomic mass is 16.2. The summed E-state index contributed by atoms with van der Waals surface area (Å²) in [5.74, 6) is -1.26. The van der Waals surface area contributed by atoms with Crippen LogP contribution in [0.1, 0.15) is 28.4 Å². The lowest BCUT2D eigenvalue weighted by Gasteiger charge is -2.17. The molecule has 1 atom stereocenters. The summed E-state index contributed by atoms with van der Waals surface area (Å²) in [5, 5.41) is 5.28. The summed E-state index contributed by atoms with van der Waals surface area (Å²) in [6.07, 6.45) is 0.319. The fraction of sp³-hybridized carbons (Fsp3) is 0.211. The van der Waals surface area contributed by atoms with Gasteiger partial charge in [0.2, 0.25) is 11.8 Å². The highest BCUT2D eigenvalue weighted by Crippen LogP contribution is 2.13. The molecule has 2 rings (SSSR count). The van der Waals surface area contributed by atoms with E-state index in [0.717, 1.165) is 11.1 Å². The SMILES string of the molecule is CC(=O)Nc1cccc(C(=O)N[C@@H](Cc2ccccc2C)C(N)=O)c1. The lowest BCUT2D eigenvalue weighted by atomic mass is 10.0. The van der Waals surface area contributed by atoms with E-state index in [0.29, 0.717) is 17.7 Å². The summed E-state index contributed by atoms with van der Waals surface area (Å²) in [6, 6.07) is 13.3. The first kappa shape index (κ1) is 18.2. The van der Waals surface area contributed by atoms with Crippen LogP contribution in [-0.4, -0.2) is 23.8 Å². The van der Waals surface area contributed by atoms with E-state index in [2.05, 4.69) is 10.6 Å². The van der Waals surface area contributed by atoms with Gasteiger partial charge in [0, 0.05) is 24.6 Å². The molecule has 130 valence electrons. The number of aryl methyl sites for hydroxylation is 1. The van der Waals surface area contributed by atoms with E-state index in [1.165, 1.54) is 6.92 Å². The largest absolute Gasteiger partial charge is 0.368 e. The molecule has 3 amide bonds. The average molecular weight is 339 g/mol. The Balaban J connectivity index is 2.14. The first-order chi connectivity index (χ1) is 11.9. The molecule has 0 saturated heterocycles. The van der Waals surface area contributed by atoms with E-state index < -0.39 is 17.9 Å². The fourth-order valence-corrected chi connectivity index (χ4v) is 2.46. The van der Waals surface area contributed by atoms with Crippen molar-refractivity contribution in [1.82, 2.24) is 5.32 Å². The van der Waals surface area contributed by atoms with Gasteiger partial charge in [-0.25, -0.2) is 0 Å². The summed E-state index contributed by atoms with van der Waals surface area (Å²) in [6.45, 7) is 3.32. The summed E-state index contributed by atoms with van der Waals surface area (Å²) in [5.41, 5.74) is 8.26. The topological polar surface area (TPSA) is 101 Å². The molecule has 0 bridgehead atoms. The molecule has 0 aromatic heterocycles. The Hall–Kier alpha value is -3.15. The van der Waals surface area contributed by atoms with Crippen LogP contribution in [-0.2, 0) is 16.0 Å². The minimum atomic E-state index is -0.821. The number of amides is 3. The maximum absolute atomic E-state index is 12.4. The van der Waals surface area contributed by atoms with Crippen molar-refractivity contribution in [3.8, 4) is 0 Å². The van der Waals surface area contributed by atoms with Crippen LogP contribution < -0.4 is 16.4 Å². The molecule has 0 radical (unpaired) electrons. The van der Waals surface area contributed by atoms with Gasteiger partial charge in [-0.15, -0.1) is 0 Å². The lowest BCUT2D eigenvalue weighted by Crippen LogP contribution is -2.46. The minimum absolute atomic E-state index is 0.230. The molecule has 0 saturated carbocycles. The number of benzene rings is 2. The van der Waals surface area contributed by atoms with Crippen LogP contribution in [0.5, 0.6) is 0 Å². The van der Waals surface area contributed by atoms with Crippen molar-refractivity contribution in [2.24, 2.45) is 5.73 Å². The third kappa shape index (κ3) is 5.17. The fourth-order valence-electron chi connectivity index (χ4n) is 2.46. The van der Waals surface area contributed by atoms with E-state index in [-0.39, 0.29) is 5.91 Å². The molecule has 6 heteroatoms. The van der Waals surface area contributed by atoms with Gasteiger partial charge in [-0.05, 0) is 36.2 Å². The van der Waals surface area contributed by atoms with Crippen molar-refractivity contribution < 1.29 is 14.4 Å². The number of primary amides is 1. The zero-order valence-corrected chi connectivity index (χ0v) is 14.2. The van der Waals surface area contributed by atoms with Gasteiger partial charge in [-0.2, -0.15) is 0 Å². The highest BCUT2D eigenvalue weighted by molar-refractivity contribution is 5.99. The Morgan fingerprint density at radius 2 is 1.80 bits per heavy atom. The van der Waals surface area contributed by atoms with Gasteiger partial charge in [-0.3, -0.25) is 14.4 Å². The van der Waals surface area contributed by atoms with Crippen LogP contribution >= 0.6 is 0 Å². The second kappa shape index (κ2) is 8.10. The van der Waals surface area contributed by atoms with Gasteiger partial charge in [0.25, 0.3) is 5.91 Å². The Kier molecular flexibility index (Phi) is 5.89. The van der Waals surface area contributed by atoms with Crippen LogP contribution in [0.2, 0.25) is 0 Å². The van der Waals surface area contributed by atoms with Crippen LogP contribution in [0.4, 0.5) is 5.69 Å². The van der Waals surface area contributed by atoms with Gasteiger partial charge in [-0.1, -0.05) is 30.3 Å². The van der Waals surface area contributed by atoms with Crippen molar-refractivity contribution in [3.63, 3.8) is 0 Å². The molecule has 0 fully saturated rings. The number of carbonyl (C=O) groups excluding carboxylic acids is 3. The molecule has 2 aromatic carbocycles. The second-order valence-electron chi connectivity index (χ2n) is 5.82. The van der Waals surface area contributed by atoms with Crippen LogP contribution in [0, 0.1) is 6.92 Å². The Labute approximate surface area is 146 Å². The van der Waals surface area contributed by atoms with Crippen molar-refractivity contribution in [3.05, 3.63) is 65.2 Å². The number of rotatable bonds is 6. The third-order valence-corrected chi connectivity index (χ3v) is 3.78. The predicted octanol–water partition coefficient (Wildman–Crippen LogP) is 1.78. The van der Waals surface area contributed by atoms with Crippen molar-refractivity contribution in [2.75, 3.05) is 5.32 Å². The Bertz CT molecular complexity index is 802. The number of nitrogens with one attached hydrogen (secondary N) is 2. The van der Waals surface area contributed by atoms with E-state index in [9.17, 15) is 14.4 Å². The van der Waals surface area contributed by atoms with Gasteiger partial charge < -0.3 is 16.4 Å². The number of nitrogens with two attached hydrogens (primary N) is 1. The standard InChI is InChI=1S/C19H21N3O3/c1-12-6-3-4-7-14(12)11-17(18(20)24)22-19(25)15-8-5-9-16(10-15)21-13(2)23/h3-10,17H,11H2,1-2H3,(H2,20,24)(H,21,23)(H,22,25)/t17-/m0/s1. The Morgan fingerprint density at radius 3 is 2.44 bits per heavy atom. The molecule has 0 heterocycles. The average Bonchev–Trinajstić information content (AvgIpc) is 2.55. The number of hydrogen-bond acceptors (Lipinski definition) is 3. The normalized spacial score (nSPS) is 11.4. The van der Waals surface area contributed by atoms with Crippen molar-refractivity contribution in [2.45, 2.75) is 26.3 Å². The zero-order valence-electron chi connectivity index (χ0n) is 14.2. The maximum atomic E-state index is 12.4. The monoisotopic (exact) mass is 339 g/mol. The number of carbonyl (C=O) groups is 3. The molecular formula is C19H21N3O3. The Morgan fingerprint density at radius 1 is 1.08 bits per heavy atom. The molecule has 0 aliphatic rings. The van der Waals surface area contributed by atoms with Crippen LogP contribution in [0.3, 0.4) is 0 Å². The molecule has 2 aromatic rings. The van der Waals surface area contributed by atoms with E-state index in [1.54, 1.807) is 24.3 Å². The van der Waals surface area contributed by atoms with Gasteiger partial charge in [0.05, 0.1) is 0 Å².